The topological polar surface area (TPSA) is 35.2 Å². The van der Waals surface area contributed by atoms with Crippen LogP contribution in [0.1, 0.15) is 11.1 Å². The van der Waals surface area contributed by atoms with E-state index < -0.39 is 5.82 Å². The fraction of sp³-hybridized carbons (Fsp3) is 0.143. The van der Waals surface area contributed by atoms with Crippen molar-refractivity contribution in [1.29, 1.82) is 0 Å². The van der Waals surface area contributed by atoms with Crippen LogP contribution in [0.5, 0.6) is 5.75 Å². The van der Waals surface area contributed by atoms with Gasteiger partial charge in [0.15, 0.2) is 11.6 Å². The largest absolute Gasteiger partial charge is 0.486 e. The first-order chi connectivity index (χ1) is 8.69. The molecule has 2 rings (SSSR count). The number of rotatable bonds is 4. The quantitative estimate of drug-likeness (QED) is 0.904. The number of hydrogen-bond acceptors (Lipinski definition) is 2. The van der Waals surface area contributed by atoms with E-state index in [1.165, 1.54) is 24.3 Å². The van der Waals surface area contributed by atoms with Crippen LogP contribution in [-0.2, 0) is 13.2 Å². The van der Waals surface area contributed by atoms with Gasteiger partial charge in [0.05, 0.1) is 0 Å². The Labute approximate surface area is 104 Å². The molecule has 2 nitrogen and oxygen atoms in total. The summed E-state index contributed by atoms with van der Waals surface area (Å²) < 4.78 is 31.8. The standard InChI is InChI=1S/C14H13F2NO/c15-12-3-1-2-11(6-12)9-18-14-5-4-10(8-17)7-13(14)16/h1-7H,8-9,17H2. The predicted molar refractivity (Wildman–Crippen MR) is 65.0 cm³/mol. The molecule has 0 aromatic heterocycles. The smallest absolute Gasteiger partial charge is 0.165 e. The molecule has 0 unspecified atom stereocenters. The van der Waals surface area contributed by atoms with Gasteiger partial charge in [0.2, 0.25) is 0 Å². The molecule has 0 saturated carbocycles. The third-order valence-corrected chi connectivity index (χ3v) is 2.52. The van der Waals surface area contributed by atoms with Crippen LogP contribution in [0.2, 0.25) is 0 Å². The summed E-state index contributed by atoms with van der Waals surface area (Å²) in [6, 6.07) is 10.6. The molecule has 0 radical (unpaired) electrons. The Hall–Kier alpha value is -1.94. The van der Waals surface area contributed by atoms with Crippen LogP contribution in [0.4, 0.5) is 8.78 Å². The molecule has 2 N–H and O–H groups in total. The molecule has 0 atom stereocenters. The highest BCUT2D eigenvalue weighted by molar-refractivity contribution is 5.29. The van der Waals surface area contributed by atoms with Crippen molar-refractivity contribution >= 4 is 0 Å². The van der Waals surface area contributed by atoms with Gasteiger partial charge in [0.1, 0.15) is 12.4 Å². The highest BCUT2D eigenvalue weighted by Crippen LogP contribution is 2.19. The summed E-state index contributed by atoms with van der Waals surface area (Å²) in [7, 11) is 0. The van der Waals surface area contributed by atoms with Crippen LogP contribution in [0, 0.1) is 11.6 Å². The van der Waals surface area contributed by atoms with Crippen molar-refractivity contribution < 1.29 is 13.5 Å². The minimum atomic E-state index is -0.464. The molecular formula is C14H13F2NO. The Morgan fingerprint density at radius 3 is 2.50 bits per heavy atom. The molecule has 4 heteroatoms. The van der Waals surface area contributed by atoms with Crippen LogP contribution in [0.3, 0.4) is 0 Å². The van der Waals surface area contributed by atoms with Gasteiger partial charge in [-0.2, -0.15) is 0 Å². The summed E-state index contributed by atoms with van der Waals surface area (Å²) in [6.07, 6.45) is 0. The van der Waals surface area contributed by atoms with Crippen LogP contribution in [-0.4, -0.2) is 0 Å². The normalized spacial score (nSPS) is 10.4. The number of hydrogen-bond donors (Lipinski definition) is 1. The van der Waals surface area contributed by atoms with Crippen LogP contribution < -0.4 is 10.5 Å². The van der Waals surface area contributed by atoms with Gasteiger partial charge < -0.3 is 10.5 Å². The summed E-state index contributed by atoms with van der Waals surface area (Å²) in [5, 5.41) is 0. The molecule has 0 fully saturated rings. The average molecular weight is 249 g/mol. The maximum absolute atomic E-state index is 13.6. The Morgan fingerprint density at radius 1 is 1.00 bits per heavy atom. The lowest BCUT2D eigenvalue weighted by Crippen LogP contribution is -2.00. The number of benzene rings is 2. The molecule has 2 aromatic carbocycles. The Bertz CT molecular complexity index is 543. The van der Waals surface area contributed by atoms with Crippen LogP contribution in [0.25, 0.3) is 0 Å². The molecule has 0 bridgehead atoms. The second-order valence-electron chi connectivity index (χ2n) is 3.89. The average Bonchev–Trinajstić information content (AvgIpc) is 2.37. The van der Waals surface area contributed by atoms with Crippen molar-refractivity contribution in [1.82, 2.24) is 0 Å². The molecule has 0 heterocycles. The lowest BCUT2D eigenvalue weighted by molar-refractivity contribution is 0.289. The molecular weight excluding hydrogens is 236 g/mol. The summed E-state index contributed by atoms with van der Waals surface area (Å²) >= 11 is 0. The number of ether oxygens (including phenoxy) is 1. The van der Waals surface area contributed by atoms with Crippen molar-refractivity contribution in [3.05, 3.63) is 65.2 Å². The first-order valence-corrected chi connectivity index (χ1v) is 5.55. The summed E-state index contributed by atoms with van der Waals surface area (Å²) in [4.78, 5) is 0. The van der Waals surface area contributed by atoms with Crippen molar-refractivity contribution in [2.45, 2.75) is 13.2 Å². The predicted octanol–water partition coefficient (Wildman–Crippen LogP) is 3.00. The molecule has 0 saturated heterocycles. The van der Waals surface area contributed by atoms with E-state index in [4.69, 9.17) is 10.5 Å². The monoisotopic (exact) mass is 249 g/mol. The third kappa shape index (κ3) is 3.05. The number of nitrogens with two attached hydrogens (primary N) is 1. The van der Waals surface area contributed by atoms with Crippen LogP contribution in [0.15, 0.2) is 42.5 Å². The van der Waals surface area contributed by atoms with Crippen molar-refractivity contribution in [2.24, 2.45) is 5.73 Å². The van der Waals surface area contributed by atoms with Crippen molar-refractivity contribution in [3.63, 3.8) is 0 Å². The van der Waals surface area contributed by atoms with Crippen LogP contribution >= 0.6 is 0 Å². The van der Waals surface area contributed by atoms with E-state index in [0.29, 0.717) is 11.1 Å². The summed E-state index contributed by atoms with van der Waals surface area (Å²) in [5.41, 5.74) is 6.75. The molecule has 94 valence electrons. The van der Waals surface area contributed by atoms with E-state index in [1.54, 1.807) is 18.2 Å². The van der Waals surface area contributed by atoms with E-state index in [1.807, 2.05) is 0 Å². The van der Waals surface area contributed by atoms with Gasteiger partial charge in [-0.25, -0.2) is 8.78 Å². The number of halogens is 2. The lowest BCUT2D eigenvalue weighted by atomic mass is 10.2. The first-order valence-electron chi connectivity index (χ1n) is 5.55. The Kier molecular flexibility index (Phi) is 3.89. The molecule has 0 aliphatic carbocycles. The Morgan fingerprint density at radius 2 is 1.83 bits per heavy atom. The van der Waals surface area contributed by atoms with Gasteiger partial charge in [0.25, 0.3) is 0 Å². The second kappa shape index (κ2) is 5.60. The van der Waals surface area contributed by atoms with Crippen molar-refractivity contribution in [2.75, 3.05) is 0 Å². The van der Waals surface area contributed by atoms with E-state index in [9.17, 15) is 8.78 Å². The zero-order valence-corrected chi connectivity index (χ0v) is 9.70. The Balaban J connectivity index is 2.06. The maximum Gasteiger partial charge on any atom is 0.165 e. The van der Waals surface area contributed by atoms with Gasteiger partial charge in [-0.1, -0.05) is 18.2 Å². The molecule has 0 spiro atoms. The fourth-order valence-corrected chi connectivity index (χ4v) is 1.58. The molecule has 0 aliphatic rings. The first kappa shape index (κ1) is 12.5. The molecule has 0 amide bonds. The second-order valence-corrected chi connectivity index (χ2v) is 3.89. The summed E-state index contributed by atoms with van der Waals surface area (Å²) in [5.74, 6) is -0.666. The van der Waals surface area contributed by atoms with E-state index in [-0.39, 0.29) is 24.7 Å². The molecule has 18 heavy (non-hydrogen) atoms. The minimum absolute atomic E-state index is 0.122. The minimum Gasteiger partial charge on any atom is -0.486 e. The lowest BCUT2D eigenvalue weighted by Gasteiger charge is -2.08. The van der Waals surface area contributed by atoms with Gasteiger partial charge in [0, 0.05) is 6.54 Å². The van der Waals surface area contributed by atoms with E-state index in [2.05, 4.69) is 0 Å². The van der Waals surface area contributed by atoms with Crippen molar-refractivity contribution in [3.8, 4) is 5.75 Å². The summed E-state index contributed by atoms with van der Waals surface area (Å²) in [6.45, 7) is 0.401. The molecule has 0 aliphatic heterocycles. The van der Waals surface area contributed by atoms with Gasteiger partial charge in [-0.05, 0) is 35.4 Å². The van der Waals surface area contributed by atoms with Gasteiger partial charge >= 0.3 is 0 Å². The van der Waals surface area contributed by atoms with E-state index >= 15 is 0 Å². The third-order valence-electron chi connectivity index (χ3n) is 2.52. The zero-order chi connectivity index (χ0) is 13.0. The maximum atomic E-state index is 13.6. The van der Waals surface area contributed by atoms with Gasteiger partial charge in [-0.3, -0.25) is 0 Å². The fourth-order valence-electron chi connectivity index (χ4n) is 1.58. The molecule has 2 aromatic rings. The highest BCUT2D eigenvalue weighted by Gasteiger charge is 2.05. The SMILES string of the molecule is NCc1ccc(OCc2cccc(F)c2)c(F)c1. The highest BCUT2D eigenvalue weighted by atomic mass is 19.1. The van der Waals surface area contributed by atoms with E-state index in [0.717, 1.165) is 0 Å². The zero-order valence-electron chi connectivity index (χ0n) is 9.70. The van der Waals surface area contributed by atoms with Gasteiger partial charge in [-0.15, -0.1) is 0 Å².